The molecule has 1 fully saturated rings. The molecular formula is C17H24ClN5O. The number of benzene rings is 1. The summed E-state index contributed by atoms with van der Waals surface area (Å²) < 4.78 is 0. The predicted octanol–water partition coefficient (Wildman–Crippen LogP) is 2.16. The van der Waals surface area contributed by atoms with E-state index in [9.17, 15) is 4.79 Å². The van der Waals surface area contributed by atoms with E-state index in [-0.39, 0.29) is 24.4 Å². The second kappa shape index (κ2) is 8.26. The summed E-state index contributed by atoms with van der Waals surface area (Å²) in [4.78, 5) is 15.6. The number of carbonyl (C=O) groups is 1. The van der Waals surface area contributed by atoms with Crippen LogP contribution in [0.2, 0.25) is 0 Å². The number of halogens is 1. The monoisotopic (exact) mass is 349 g/mol. The van der Waals surface area contributed by atoms with Gasteiger partial charge in [0.2, 0.25) is 5.91 Å². The molecule has 1 heterocycles. The van der Waals surface area contributed by atoms with Crippen LogP contribution in [0.3, 0.4) is 0 Å². The molecule has 0 unspecified atom stereocenters. The van der Waals surface area contributed by atoms with Gasteiger partial charge < -0.3 is 10.6 Å². The van der Waals surface area contributed by atoms with Crippen molar-refractivity contribution < 1.29 is 4.79 Å². The van der Waals surface area contributed by atoms with Crippen LogP contribution in [-0.4, -0.2) is 38.9 Å². The summed E-state index contributed by atoms with van der Waals surface area (Å²) in [6.07, 6.45) is 5.47. The molecule has 1 saturated carbocycles. The molecule has 1 aliphatic rings. The summed E-state index contributed by atoms with van der Waals surface area (Å²) in [5.74, 6) is 0.451. The number of hydrogen-bond acceptors (Lipinski definition) is 4. The van der Waals surface area contributed by atoms with Crippen LogP contribution in [0.15, 0.2) is 36.5 Å². The van der Waals surface area contributed by atoms with E-state index in [1.54, 1.807) is 15.9 Å². The number of nitrogens with zero attached hydrogens (tertiary/aromatic N) is 4. The van der Waals surface area contributed by atoms with Gasteiger partial charge in [0.25, 0.3) is 0 Å². The van der Waals surface area contributed by atoms with E-state index in [2.05, 4.69) is 10.2 Å². The van der Waals surface area contributed by atoms with Crippen molar-refractivity contribution in [2.75, 3.05) is 7.05 Å². The van der Waals surface area contributed by atoms with Gasteiger partial charge in [0, 0.05) is 19.5 Å². The molecule has 0 saturated heterocycles. The third kappa shape index (κ3) is 4.33. The van der Waals surface area contributed by atoms with Crippen molar-refractivity contribution in [2.45, 2.75) is 38.3 Å². The topological polar surface area (TPSA) is 77.0 Å². The number of amides is 1. The van der Waals surface area contributed by atoms with Crippen LogP contribution in [0.25, 0.3) is 5.69 Å². The van der Waals surface area contributed by atoms with Crippen LogP contribution in [0.5, 0.6) is 0 Å². The largest absolute Gasteiger partial charge is 0.340 e. The summed E-state index contributed by atoms with van der Waals surface area (Å²) in [5.41, 5.74) is 7.74. The quantitative estimate of drug-likeness (QED) is 0.897. The van der Waals surface area contributed by atoms with Gasteiger partial charge in [-0.25, -0.2) is 0 Å². The zero-order valence-electron chi connectivity index (χ0n) is 13.8. The molecule has 0 spiro atoms. The average molecular weight is 350 g/mol. The van der Waals surface area contributed by atoms with Crippen molar-refractivity contribution >= 4 is 18.3 Å². The zero-order chi connectivity index (χ0) is 16.2. The molecule has 6 nitrogen and oxygen atoms in total. The van der Waals surface area contributed by atoms with Crippen LogP contribution in [0.1, 0.15) is 31.4 Å². The Balaban J connectivity index is 0.00000208. The maximum absolute atomic E-state index is 12.3. The van der Waals surface area contributed by atoms with Gasteiger partial charge >= 0.3 is 0 Å². The number of rotatable bonds is 5. The molecule has 3 rings (SSSR count). The van der Waals surface area contributed by atoms with Gasteiger partial charge in [0.05, 0.1) is 18.4 Å². The maximum atomic E-state index is 12.3. The number of hydrogen-bond donors (Lipinski definition) is 1. The van der Waals surface area contributed by atoms with Crippen molar-refractivity contribution in [3.05, 3.63) is 42.2 Å². The highest BCUT2D eigenvalue weighted by atomic mass is 35.5. The Hall–Kier alpha value is -1.92. The van der Waals surface area contributed by atoms with Crippen LogP contribution in [0, 0.1) is 5.92 Å². The lowest BCUT2D eigenvalue weighted by Crippen LogP contribution is -2.32. The fraction of sp³-hybridized carbons (Fsp3) is 0.471. The summed E-state index contributed by atoms with van der Waals surface area (Å²) in [5, 5.41) is 8.70. The minimum atomic E-state index is 0. The molecule has 1 aromatic heterocycles. The molecule has 1 aromatic carbocycles. The lowest BCUT2D eigenvalue weighted by Gasteiger charge is -2.20. The molecule has 1 aliphatic carbocycles. The molecule has 2 atom stereocenters. The third-order valence-corrected chi connectivity index (χ3v) is 4.51. The van der Waals surface area contributed by atoms with Gasteiger partial charge in [0.15, 0.2) is 0 Å². The average Bonchev–Trinajstić information content (AvgIpc) is 3.18. The lowest BCUT2D eigenvalue weighted by atomic mass is 9.99. The third-order valence-electron chi connectivity index (χ3n) is 4.51. The predicted molar refractivity (Wildman–Crippen MR) is 95.0 cm³/mol. The minimum absolute atomic E-state index is 0. The first-order chi connectivity index (χ1) is 11.1. The second-order valence-corrected chi connectivity index (χ2v) is 6.27. The van der Waals surface area contributed by atoms with Gasteiger partial charge in [0.1, 0.15) is 5.69 Å². The first kappa shape index (κ1) is 18.4. The van der Waals surface area contributed by atoms with Crippen molar-refractivity contribution in [3.63, 3.8) is 0 Å². The van der Waals surface area contributed by atoms with Crippen LogP contribution >= 0.6 is 12.4 Å². The van der Waals surface area contributed by atoms with E-state index in [1.165, 1.54) is 0 Å². The van der Waals surface area contributed by atoms with E-state index >= 15 is 0 Å². The van der Waals surface area contributed by atoms with Gasteiger partial charge in [-0.2, -0.15) is 15.0 Å². The molecule has 0 radical (unpaired) electrons. The molecule has 24 heavy (non-hydrogen) atoms. The van der Waals surface area contributed by atoms with Gasteiger partial charge in [-0.3, -0.25) is 4.79 Å². The first-order valence-corrected chi connectivity index (χ1v) is 8.09. The molecule has 2 N–H and O–H groups in total. The fourth-order valence-corrected chi connectivity index (χ4v) is 3.08. The highest BCUT2D eigenvalue weighted by molar-refractivity contribution is 5.85. The number of nitrogens with two attached hydrogens (primary N) is 1. The smallest absolute Gasteiger partial charge is 0.223 e. The Kier molecular flexibility index (Phi) is 6.34. The van der Waals surface area contributed by atoms with E-state index in [4.69, 9.17) is 5.73 Å². The molecular weight excluding hydrogens is 326 g/mol. The summed E-state index contributed by atoms with van der Waals surface area (Å²) in [6.45, 7) is 0.466. The lowest BCUT2D eigenvalue weighted by molar-refractivity contribution is -0.131. The molecule has 130 valence electrons. The van der Waals surface area contributed by atoms with Crippen molar-refractivity contribution in [1.29, 1.82) is 0 Å². The number of carbonyl (C=O) groups excluding carboxylic acids is 1. The highest BCUT2D eigenvalue weighted by Crippen LogP contribution is 2.27. The SMILES string of the molecule is CN(Cc1cnn(-c2ccccc2)n1)C(=O)C[C@@H]1CCC[C@H]1N.Cl. The summed E-state index contributed by atoms with van der Waals surface area (Å²) >= 11 is 0. The Morgan fingerprint density at radius 2 is 2.08 bits per heavy atom. The Bertz CT molecular complexity index is 660. The van der Waals surface area contributed by atoms with E-state index in [0.717, 1.165) is 30.6 Å². The van der Waals surface area contributed by atoms with Crippen LogP contribution in [-0.2, 0) is 11.3 Å². The molecule has 0 aliphatic heterocycles. The maximum Gasteiger partial charge on any atom is 0.223 e. The zero-order valence-corrected chi connectivity index (χ0v) is 14.7. The summed E-state index contributed by atoms with van der Waals surface area (Å²) in [6, 6.07) is 9.90. The Morgan fingerprint density at radius 3 is 2.75 bits per heavy atom. The first-order valence-electron chi connectivity index (χ1n) is 8.09. The summed E-state index contributed by atoms with van der Waals surface area (Å²) in [7, 11) is 1.81. The fourth-order valence-electron chi connectivity index (χ4n) is 3.08. The molecule has 0 bridgehead atoms. The van der Waals surface area contributed by atoms with E-state index in [1.807, 2.05) is 37.4 Å². The van der Waals surface area contributed by atoms with Gasteiger partial charge in [-0.1, -0.05) is 24.6 Å². The normalized spacial score (nSPS) is 19.8. The number of aromatic nitrogens is 3. The minimum Gasteiger partial charge on any atom is -0.340 e. The van der Waals surface area contributed by atoms with Gasteiger partial charge in [-0.05, 0) is 30.9 Å². The standard InChI is InChI=1S/C17H23N5O.ClH/c1-21(17(23)10-13-6-5-9-16(13)18)12-14-11-19-22(20-14)15-7-3-2-4-8-15;/h2-4,7-8,11,13,16H,5-6,9-10,12,18H2,1H3;1H/t13-,16+;/m0./s1. The molecule has 7 heteroatoms. The molecule has 1 amide bonds. The van der Waals surface area contributed by atoms with Crippen molar-refractivity contribution in [2.24, 2.45) is 11.7 Å². The Labute approximate surface area is 148 Å². The van der Waals surface area contributed by atoms with Crippen LogP contribution in [0.4, 0.5) is 0 Å². The second-order valence-electron chi connectivity index (χ2n) is 6.27. The van der Waals surface area contributed by atoms with Crippen molar-refractivity contribution in [3.8, 4) is 5.69 Å². The van der Waals surface area contributed by atoms with Crippen LogP contribution < -0.4 is 5.73 Å². The van der Waals surface area contributed by atoms with Crippen molar-refractivity contribution in [1.82, 2.24) is 19.9 Å². The molecule has 2 aromatic rings. The van der Waals surface area contributed by atoms with Gasteiger partial charge in [-0.15, -0.1) is 12.4 Å². The number of para-hydroxylation sites is 1. The van der Waals surface area contributed by atoms with E-state index < -0.39 is 0 Å². The van der Waals surface area contributed by atoms with E-state index in [0.29, 0.717) is 18.9 Å². The Morgan fingerprint density at radius 1 is 1.33 bits per heavy atom. The highest BCUT2D eigenvalue weighted by Gasteiger charge is 2.27.